The Hall–Kier alpha value is -2.86. The molecule has 0 radical (unpaired) electrons. The predicted octanol–water partition coefficient (Wildman–Crippen LogP) is 3.69. The lowest BCUT2D eigenvalue weighted by Gasteiger charge is -2.44. The molecule has 1 fully saturated rings. The fraction of sp³-hybridized carbons (Fsp3) is 0.259. The van der Waals surface area contributed by atoms with Crippen LogP contribution in [0.1, 0.15) is 27.5 Å². The molecule has 3 aromatic rings. The Morgan fingerprint density at radius 3 is 1.98 bits per heavy atom. The van der Waals surface area contributed by atoms with Crippen molar-refractivity contribution in [3.8, 4) is 0 Å². The van der Waals surface area contributed by atoms with E-state index in [0.29, 0.717) is 23.1 Å². The van der Waals surface area contributed by atoms with E-state index in [-0.39, 0.29) is 34.0 Å². The Bertz CT molecular complexity index is 1440. The van der Waals surface area contributed by atoms with Crippen molar-refractivity contribution in [2.75, 3.05) is 30.2 Å². The smallest absolute Gasteiger partial charge is 0.252 e. The van der Waals surface area contributed by atoms with E-state index in [0.717, 1.165) is 11.1 Å². The predicted molar refractivity (Wildman–Crippen MR) is 156 cm³/mol. The Balaban J connectivity index is 1.43. The van der Waals surface area contributed by atoms with E-state index in [4.69, 9.17) is 40.5 Å². The van der Waals surface area contributed by atoms with Gasteiger partial charge < -0.3 is 16.2 Å². The summed E-state index contributed by atoms with van der Waals surface area (Å²) in [5.74, 6) is -1.93. The topological polar surface area (TPSA) is 142 Å². The molecule has 212 valence electrons. The number of hydrogen-bond acceptors (Lipinski definition) is 6. The van der Waals surface area contributed by atoms with Crippen LogP contribution < -0.4 is 15.8 Å². The summed E-state index contributed by atoms with van der Waals surface area (Å²) in [7, 11) is -3.80. The van der Waals surface area contributed by atoms with Crippen molar-refractivity contribution in [3.05, 3.63) is 98.5 Å². The summed E-state index contributed by atoms with van der Waals surface area (Å²) in [5.41, 5.74) is 7.28. The number of carbonyl (C=O) groups excluding carboxylic acids is 2. The minimum atomic E-state index is -3.80. The van der Waals surface area contributed by atoms with Gasteiger partial charge in [-0.2, -0.15) is 0 Å². The molecule has 1 atom stereocenters. The van der Waals surface area contributed by atoms with Crippen LogP contribution in [0, 0.1) is 5.92 Å². The molecule has 1 unspecified atom stereocenters. The van der Waals surface area contributed by atoms with Gasteiger partial charge in [-0.15, -0.1) is 0 Å². The van der Waals surface area contributed by atoms with Gasteiger partial charge in [-0.3, -0.25) is 19.2 Å². The minimum absolute atomic E-state index is 0.00603. The third-order valence-corrected chi connectivity index (χ3v) is 8.62. The maximum Gasteiger partial charge on any atom is 0.252 e. The highest BCUT2D eigenvalue weighted by Gasteiger charge is 2.36. The number of aliphatic hydroxyl groups is 1. The largest absolute Gasteiger partial charge is 0.394 e. The molecule has 1 heterocycles. The number of anilines is 1. The summed E-state index contributed by atoms with van der Waals surface area (Å²) in [5, 5.41) is 12.9. The Labute approximate surface area is 247 Å². The number of aliphatic hydroxyl groups excluding tert-OH is 1. The Morgan fingerprint density at radius 1 is 0.925 bits per heavy atom. The molecule has 4 rings (SSSR count). The second-order valence-corrected chi connectivity index (χ2v) is 12.6. The van der Waals surface area contributed by atoms with Crippen LogP contribution in [0.2, 0.25) is 15.1 Å². The number of nitrogens with zero attached hydrogens (tertiary/aromatic N) is 1. The van der Waals surface area contributed by atoms with Gasteiger partial charge in [0.1, 0.15) is 6.04 Å². The van der Waals surface area contributed by atoms with Crippen LogP contribution in [0.15, 0.2) is 66.7 Å². The lowest BCUT2D eigenvalue weighted by atomic mass is 9.91. The van der Waals surface area contributed by atoms with Gasteiger partial charge >= 0.3 is 0 Å². The highest BCUT2D eigenvalue weighted by molar-refractivity contribution is 7.92. The fourth-order valence-corrected chi connectivity index (χ4v) is 6.47. The van der Waals surface area contributed by atoms with Crippen LogP contribution in [-0.4, -0.2) is 61.7 Å². The summed E-state index contributed by atoms with van der Waals surface area (Å²) in [6.07, 6.45) is 0. The first-order chi connectivity index (χ1) is 18.9. The van der Waals surface area contributed by atoms with Crippen molar-refractivity contribution >= 4 is 62.3 Å². The first-order valence-electron chi connectivity index (χ1n) is 12.2. The van der Waals surface area contributed by atoms with Crippen molar-refractivity contribution in [2.24, 2.45) is 11.7 Å². The summed E-state index contributed by atoms with van der Waals surface area (Å²) < 4.78 is 28.5. The van der Waals surface area contributed by atoms with Crippen LogP contribution in [0.4, 0.5) is 5.69 Å². The molecule has 1 saturated heterocycles. The van der Waals surface area contributed by atoms with Gasteiger partial charge in [0.05, 0.1) is 24.1 Å². The first kappa shape index (κ1) is 30.1. The number of nitrogens with two attached hydrogens (primary N) is 1. The molecular weight excluding hydrogens is 599 g/mol. The quantitative estimate of drug-likeness (QED) is 0.256. The van der Waals surface area contributed by atoms with E-state index < -0.39 is 34.5 Å². The van der Waals surface area contributed by atoms with E-state index in [1.807, 2.05) is 48.5 Å². The third kappa shape index (κ3) is 7.66. The molecular formula is C27H27Cl3N4O5S. The maximum atomic E-state index is 13.0. The number of likely N-dealkylation sites (tertiary alicyclic amines) is 1. The summed E-state index contributed by atoms with van der Waals surface area (Å²) in [6, 6.07) is 17.7. The average Bonchev–Trinajstić information content (AvgIpc) is 2.86. The molecule has 0 spiro atoms. The SMILES string of the molecule is NC(=O)C(CO)NC(=O)c1cc(Cl)cc(NS(=O)(=O)CC2CN(C(c3ccc(Cl)cc3)c3ccc(Cl)cc3)C2)c1. The number of rotatable bonds is 11. The number of halogens is 3. The number of carbonyl (C=O) groups is 2. The monoisotopic (exact) mass is 624 g/mol. The Morgan fingerprint density at radius 2 is 1.48 bits per heavy atom. The van der Waals surface area contributed by atoms with Crippen molar-refractivity contribution in [2.45, 2.75) is 12.1 Å². The van der Waals surface area contributed by atoms with E-state index in [2.05, 4.69) is 14.9 Å². The zero-order chi connectivity index (χ0) is 29.0. The summed E-state index contributed by atoms with van der Waals surface area (Å²) in [6.45, 7) is 0.391. The van der Waals surface area contributed by atoms with Crippen LogP contribution in [0.25, 0.3) is 0 Å². The molecule has 0 bridgehead atoms. The molecule has 1 aliphatic rings. The van der Waals surface area contributed by atoms with Gasteiger partial charge in [-0.1, -0.05) is 59.1 Å². The number of primary amides is 1. The first-order valence-corrected chi connectivity index (χ1v) is 15.0. The lowest BCUT2D eigenvalue weighted by Crippen LogP contribution is -2.51. The standard InChI is InChI=1S/C27H27Cl3N4O5S/c28-20-5-1-17(2-6-20)25(18-3-7-21(29)8-4-18)34-12-16(13-34)15-40(38,39)33-23-10-19(9-22(30)11-23)27(37)32-24(14-35)26(31)36/h1-11,16,24-25,33,35H,12-15H2,(H2,31,36)(H,32,37). The molecule has 0 aromatic heterocycles. The molecule has 0 aliphatic carbocycles. The molecule has 13 heteroatoms. The van der Waals surface area contributed by atoms with Gasteiger partial charge in [-0.25, -0.2) is 8.42 Å². The zero-order valence-corrected chi connectivity index (χ0v) is 24.1. The highest BCUT2D eigenvalue weighted by atomic mass is 35.5. The van der Waals surface area contributed by atoms with Crippen molar-refractivity contribution in [1.29, 1.82) is 0 Å². The van der Waals surface area contributed by atoms with E-state index >= 15 is 0 Å². The fourth-order valence-electron chi connectivity index (χ4n) is 4.59. The number of hydrogen-bond donors (Lipinski definition) is 4. The van der Waals surface area contributed by atoms with E-state index in [1.54, 1.807) is 0 Å². The normalized spacial score (nSPS) is 14.9. The summed E-state index contributed by atoms with van der Waals surface area (Å²) in [4.78, 5) is 26.0. The lowest BCUT2D eigenvalue weighted by molar-refractivity contribution is -0.120. The molecule has 0 saturated carbocycles. The average molecular weight is 626 g/mol. The number of nitrogens with one attached hydrogen (secondary N) is 2. The van der Waals surface area contributed by atoms with Gasteiger partial charge in [0.25, 0.3) is 5.91 Å². The van der Waals surface area contributed by atoms with Crippen LogP contribution >= 0.6 is 34.8 Å². The minimum Gasteiger partial charge on any atom is -0.394 e. The third-order valence-electron chi connectivity index (χ3n) is 6.44. The van der Waals surface area contributed by atoms with Gasteiger partial charge in [0.2, 0.25) is 15.9 Å². The second-order valence-electron chi connectivity index (χ2n) is 9.55. The summed E-state index contributed by atoms with van der Waals surface area (Å²) >= 11 is 18.3. The molecule has 9 nitrogen and oxygen atoms in total. The molecule has 3 aromatic carbocycles. The molecule has 1 aliphatic heterocycles. The molecule has 40 heavy (non-hydrogen) atoms. The van der Waals surface area contributed by atoms with Gasteiger partial charge in [0, 0.05) is 39.6 Å². The van der Waals surface area contributed by atoms with Crippen LogP contribution in [0.3, 0.4) is 0 Å². The van der Waals surface area contributed by atoms with Crippen molar-refractivity contribution in [1.82, 2.24) is 10.2 Å². The highest BCUT2D eigenvalue weighted by Crippen LogP contribution is 2.36. The number of amides is 2. The van der Waals surface area contributed by atoms with Crippen LogP contribution in [0.5, 0.6) is 0 Å². The van der Waals surface area contributed by atoms with Crippen molar-refractivity contribution in [3.63, 3.8) is 0 Å². The Kier molecular flexibility index (Phi) is 9.60. The van der Waals surface area contributed by atoms with E-state index in [1.165, 1.54) is 18.2 Å². The number of sulfonamides is 1. The van der Waals surface area contributed by atoms with E-state index in [9.17, 15) is 23.1 Å². The van der Waals surface area contributed by atoms with Gasteiger partial charge in [0.15, 0.2) is 0 Å². The van der Waals surface area contributed by atoms with Gasteiger partial charge in [-0.05, 0) is 53.6 Å². The van der Waals surface area contributed by atoms with Crippen LogP contribution in [-0.2, 0) is 14.8 Å². The van der Waals surface area contributed by atoms with Crippen molar-refractivity contribution < 1.29 is 23.1 Å². The molecule has 2 amide bonds. The molecule has 5 N–H and O–H groups in total. The maximum absolute atomic E-state index is 13.0. The number of benzene rings is 3. The second kappa shape index (κ2) is 12.8. The zero-order valence-electron chi connectivity index (χ0n) is 21.1.